The Labute approximate surface area is 110 Å². The Bertz CT molecular complexity index is 512. The standard InChI is InChI=1S/C14H14F2N2O/c1-10-2-3-11(8-17-10)9-18-12-4-6-13(7-5-12)19-14(15)16/h2-8,14,18H,9H2,1H3. The highest BCUT2D eigenvalue weighted by atomic mass is 19.3. The van der Waals surface area contributed by atoms with Crippen molar-refractivity contribution in [2.75, 3.05) is 5.32 Å². The third kappa shape index (κ3) is 4.21. The molecule has 0 saturated heterocycles. The van der Waals surface area contributed by atoms with Gasteiger partial charge in [-0.25, -0.2) is 0 Å². The van der Waals surface area contributed by atoms with Gasteiger partial charge in [-0.15, -0.1) is 0 Å². The number of hydrogen-bond acceptors (Lipinski definition) is 3. The second kappa shape index (κ2) is 6.13. The van der Waals surface area contributed by atoms with Crippen molar-refractivity contribution in [2.45, 2.75) is 20.1 Å². The van der Waals surface area contributed by atoms with Gasteiger partial charge in [0.25, 0.3) is 0 Å². The van der Waals surface area contributed by atoms with E-state index < -0.39 is 6.61 Å². The number of ether oxygens (including phenoxy) is 1. The van der Waals surface area contributed by atoms with Gasteiger partial charge in [0.15, 0.2) is 0 Å². The average molecular weight is 264 g/mol. The molecule has 2 aromatic rings. The number of hydrogen-bond donors (Lipinski definition) is 1. The summed E-state index contributed by atoms with van der Waals surface area (Å²) in [5.41, 5.74) is 2.86. The molecule has 3 nitrogen and oxygen atoms in total. The third-order valence-corrected chi connectivity index (χ3v) is 2.55. The summed E-state index contributed by atoms with van der Waals surface area (Å²) in [6, 6.07) is 10.3. The van der Waals surface area contributed by atoms with E-state index in [1.165, 1.54) is 12.1 Å². The van der Waals surface area contributed by atoms with Crippen LogP contribution in [0, 0.1) is 6.92 Å². The van der Waals surface area contributed by atoms with Crippen LogP contribution in [0.3, 0.4) is 0 Å². The molecule has 1 heterocycles. The average Bonchev–Trinajstić information content (AvgIpc) is 2.39. The van der Waals surface area contributed by atoms with Gasteiger partial charge in [-0.1, -0.05) is 6.07 Å². The largest absolute Gasteiger partial charge is 0.435 e. The van der Waals surface area contributed by atoms with Crippen molar-refractivity contribution >= 4 is 5.69 Å². The van der Waals surface area contributed by atoms with E-state index in [4.69, 9.17) is 0 Å². The maximum absolute atomic E-state index is 12.0. The minimum atomic E-state index is -2.79. The van der Waals surface area contributed by atoms with Gasteiger partial charge in [-0.05, 0) is 42.8 Å². The highest BCUT2D eigenvalue weighted by molar-refractivity contribution is 5.46. The number of rotatable bonds is 5. The summed E-state index contributed by atoms with van der Waals surface area (Å²) in [6.45, 7) is -0.237. The maximum Gasteiger partial charge on any atom is 0.387 e. The summed E-state index contributed by atoms with van der Waals surface area (Å²) in [5.74, 6) is 0.151. The fourth-order valence-electron chi connectivity index (χ4n) is 1.56. The molecule has 0 amide bonds. The summed E-state index contributed by atoms with van der Waals surface area (Å²) in [5, 5.41) is 3.18. The number of pyridine rings is 1. The fraction of sp³-hybridized carbons (Fsp3) is 0.214. The maximum atomic E-state index is 12.0. The molecule has 5 heteroatoms. The van der Waals surface area contributed by atoms with Gasteiger partial charge in [0.05, 0.1) is 0 Å². The molecule has 0 radical (unpaired) electrons. The topological polar surface area (TPSA) is 34.1 Å². The van der Waals surface area contributed by atoms with Crippen molar-refractivity contribution in [3.63, 3.8) is 0 Å². The van der Waals surface area contributed by atoms with E-state index in [-0.39, 0.29) is 5.75 Å². The Morgan fingerprint density at radius 1 is 1.16 bits per heavy atom. The molecular formula is C14H14F2N2O. The van der Waals surface area contributed by atoms with Crippen molar-refractivity contribution in [1.29, 1.82) is 0 Å². The van der Waals surface area contributed by atoms with Crippen molar-refractivity contribution in [1.82, 2.24) is 4.98 Å². The van der Waals surface area contributed by atoms with Crippen molar-refractivity contribution in [3.05, 3.63) is 53.9 Å². The zero-order valence-corrected chi connectivity index (χ0v) is 10.4. The summed E-state index contributed by atoms with van der Waals surface area (Å²) in [6.07, 6.45) is 1.80. The minimum absolute atomic E-state index is 0.151. The second-order valence-electron chi connectivity index (χ2n) is 4.06. The van der Waals surface area contributed by atoms with Crippen molar-refractivity contribution in [3.8, 4) is 5.75 Å². The summed E-state index contributed by atoms with van der Waals surface area (Å²) < 4.78 is 28.2. The van der Waals surface area contributed by atoms with Gasteiger partial charge >= 0.3 is 6.61 Å². The van der Waals surface area contributed by atoms with Crippen molar-refractivity contribution < 1.29 is 13.5 Å². The van der Waals surface area contributed by atoms with E-state index in [1.54, 1.807) is 18.3 Å². The molecule has 100 valence electrons. The molecule has 0 aliphatic carbocycles. The highest BCUT2D eigenvalue weighted by Gasteiger charge is 2.03. The first kappa shape index (κ1) is 13.3. The molecule has 1 N–H and O–H groups in total. The van der Waals surface area contributed by atoms with Crippen LogP contribution in [0.5, 0.6) is 5.75 Å². The first-order chi connectivity index (χ1) is 9.13. The number of aryl methyl sites for hydroxylation is 1. The Morgan fingerprint density at radius 3 is 2.47 bits per heavy atom. The summed E-state index contributed by atoms with van der Waals surface area (Å²) in [4.78, 5) is 4.19. The number of halogens is 2. The van der Waals surface area contributed by atoms with Gasteiger partial charge in [-0.2, -0.15) is 8.78 Å². The zero-order valence-electron chi connectivity index (χ0n) is 10.4. The lowest BCUT2D eigenvalue weighted by molar-refractivity contribution is -0.0498. The molecule has 0 fully saturated rings. The van der Waals surface area contributed by atoms with E-state index in [1.807, 2.05) is 19.1 Å². The number of anilines is 1. The molecule has 1 aromatic heterocycles. The Kier molecular flexibility index (Phi) is 4.28. The Morgan fingerprint density at radius 2 is 1.89 bits per heavy atom. The van der Waals surface area contributed by atoms with Crippen LogP contribution < -0.4 is 10.1 Å². The Balaban J connectivity index is 1.91. The predicted molar refractivity (Wildman–Crippen MR) is 69.4 cm³/mol. The normalized spacial score (nSPS) is 10.5. The number of benzene rings is 1. The monoisotopic (exact) mass is 264 g/mol. The molecule has 0 saturated carbocycles. The van der Waals surface area contributed by atoms with Gasteiger partial charge < -0.3 is 10.1 Å². The predicted octanol–water partition coefficient (Wildman–Crippen LogP) is 3.60. The van der Waals surface area contributed by atoms with E-state index in [0.717, 1.165) is 16.9 Å². The first-order valence-electron chi connectivity index (χ1n) is 5.84. The van der Waals surface area contributed by atoms with Crippen LogP contribution in [0.25, 0.3) is 0 Å². The molecule has 19 heavy (non-hydrogen) atoms. The van der Waals surface area contributed by atoms with Gasteiger partial charge in [0.1, 0.15) is 5.75 Å². The van der Waals surface area contributed by atoms with Crippen LogP contribution >= 0.6 is 0 Å². The molecule has 0 unspecified atom stereocenters. The van der Waals surface area contributed by atoms with Crippen LogP contribution in [0.1, 0.15) is 11.3 Å². The van der Waals surface area contributed by atoms with Gasteiger partial charge in [0.2, 0.25) is 0 Å². The van der Waals surface area contributed by atoms with Crippen molar-refractivity contribution in [2.24, 2.45) is 0 Å². The molecule has 0 aliphatic rings. The highest BCUT2D eigenvalue weighted by Crippen LogP contribution is 2.18. The van der Waals surface area contributed by atoms with Gasteiger partial charge in [-0.3, -0.25) is 4.98 Å². The van der Waals surface area contributed by atoms with Crippen LogP contribution in [0.4, 0.5) is 14.5 Å². The summed E-state index contributed by atoms with van der Waals surface area (Å²) >= 11 is 0. The lowest BCUT2D eigenvalue weighted by Crippen LogP contribution is -2.02. The smallest absolute Gasteiger partial charge is 0.387 e. The van der Waals surface area contributed by atoms with E-state index >= 15 is 0 Å². The SMILES string of the molecule is Cc1ccc(CNc2ccc(OC(F)F)cc2)cn1. The molecule has 2 rings (SSSR count). The Hall–Kier alpha value is -2.17. The lowest BCUT2D eigenvalue weighted by Gasteiger charge is -2.08. The second-order valence-corrected chi connectivity index (χ2v) is 4.06. The quantitative estimate of drug-likeness (QED) is 0.895. The van der Waals surface area contributed by atoms with E-state index in [9.17, 15) is 8.78 Å². The number of alkyl halides is 2. The molecule has 0 bridgehead atoms. The summed E-state index contributed by atoms with van der Waals surface area (Å²) in [7, 11) is 0. The first-order valence-corrected chi connectivity index (χ1v) is 5.84. The third-order valence-electron chi connectivity index (χ3n) is 2.55. The fourth-order valence-corrected chi connectivity index (χ4v) is 1.56. The molecule has 0 aliphatic heterocycles. The van der Waals surface area contributed by atoms with Gasteiger partial charge in [0, 0.05) is 24.1 Å². The van der Waals surface area contributed by atoms with Crippen LogP contribution in [0.15, 0.2) is 42.6 Å². The lowest BCUT2D eigenvalue weighted by atomic mass is 10.2. The molecule has 0 spiro atoms. The number of aromatic nitrogens is 1. The minimum Gasteiger partial charge on any atom is -0.435 e. The number of nitrogens with one attached hydrogen (secondary N) is 1. The number of nitrogens with zero attached hydrogens (tertiary/aromatic N) is 1. The van der Waals surface area contributed by atoms with Crippen LogP contribution in [-0.2, 0) is 6.54 Å². The molecule has 0 atom stereocenters. The van der Waals surface area contributed by atoms with E-state index in [2.05, 4.69) is 15.0 Å². The van der Waals surface area contributed by atoms with E-state index in [0.29, 0.717) is 6.54 Å². The van der Waals surface area contributed by atoms with Crippen LogP contribution in [0.2, 0.25) is 0 Å². The molecular weight excluding hydrogens is 250 g/mol. The zero-order chi connectivity index (χ0) is 13.7. The van der Waals surface area contributed by atoms with Crippen LogP contribution in [-0.4, -0.2) is 11.6 Å². The molecule has 1 aromatic carbocycles.